The molecule has 0 fully saturated rings. The van der Waals surface area contributed by atoms with Crippen LogP contribution in [-0.4, -0.2) is 51.5 Å². The number of nitrogens with zero attached hydrogens (tertiary/aromatic N) is 1. The Morgan fingerprint density at radius 1 is 1.40 bits per heavy atom. The van der Waals surface area contributed by atoms with Crippen LogP contribution in [0.25, 0.3) is 0 Å². The second-order valence-electron chi connectivity index (χ2n) is 4.16. The van der Waals surface area contributed by atoms with Gasteiger partial charge in [-0.2, -0.15) is 0 Å². The summed E-state index contributed by atoms with van der Waals surface area (Å²) in [4.78, 5) is 36.1. The molecule has 1 rings (SSSR count). The maximum Gasteiger partial charge on any atom is 0.351 e. The first kappa shape index (κ1) is 15.4. The van der Waals surface area contributed by atoms with Crippen molar-refractivity contribution < 1.29 is 29.7 Å². The Hall–Kier alpha value is -2.64. The Labute approximate surface area is 114 Å². The van der Waals surface area contributed by atoms with Crippen LogP contribution < -0.4 is 5.32 Å². The van der Waals surface area contributed by atoms with Crippen LogP contribution >= 0.6 is 0 Å². The van der Waals surface area contributed by atoms with Crippen molar-refractivity contribution in [3.8, 4) is 0 Å². The first-order valence-electron chi connectivity index (χ1n) is 5.70. The Balaban J connectivity index is 2.91. The van der Waals surface area contributed by atoms with E-state index in [4.69, 9.17) is 15.3 Å². The largest absolute Gasteiger partial charge is 0.480 e. The second kappa shape index (κ2) is 6.50. The van der Waals surface area contributed by atoms with Gasteiger partial charge in [0.15, 0.2) is 0 Å². The Morgan fingerprint density at radius 2 is 2.05 bits per heavy atom. The minimum absolute atomic E-state index is 0.0829. The van der Waals surface area contributed by atoms with Crippen LogP contribution in [0.3, 0.4) is 0 Å². The number of hydrogen-bond donors (Lipinski definition) is 4. The zero-order valence-electron chi connectivity index (χ0n) is 10.6. The van der Waals surface area contributed by atoms with Crippen molar-refractivity contribution in [3.05, 3.63) is 23.4 Å². The predicted octanol–water partition coefficient (Wildman–Crippen LogP) is -0.128. The van der Waals surface area contributed by atoms with E-state index in [2.05, 4.69) is 10.3 Å². The van der Waals surface area contributed by atoms with Crippen molar-refractivity contribution in [1.29, 1.82) is 0 Å². The standard InChI is InChI=1S/C12H14N2O6/c1-6(10(15)16)13-3-2-7-4-8(11(17)18)14-9(5-7)12(19)20/h2-4,6,9,14H,5H2,1H3,(H,15,16)(H,17,18)(H,19,20)/b7-2-,13-3?/t6-,9-/m0/s1. The highest BCUT2D eigenvalue weighted by molar-refractivity contribution is 5.89. The minimum Gasteiger partial charge on any atom is -0.480 e. The van der Waals surface area contributed by atoms with E-state index >= 15 is 0 Å². The molecule has 0 radical (unpaired) electrons. The van der Waals surface area contributed by atoms with Gasteiger partial charge >= 0.3 is 17.9 Å². The molecule has 1 heterocycles. The monoisotopic (exact) mass is 282 g/mol. The first-order valence-corrected chi connectivity index (χ1v) is 5.70. The molecular formula is C12H14N2O6. The zero-order chi connectivity index (χ0) is 15.3. The van der Waals surface area contributed by atoms with Crippen molar-refractivity contribution >= 4 is 24.1 Å². The summed E-state index contributed by atoms with van der Waals surface area (Å²) < 4.78 is 0. The molecule has 20 heavy (non-hydrogen) atoms. The number of carbonyl (C=O) groups is 3. The molecule has 0 bridgehead atoms. The molecular weight excluding hydrogens is 268 g/mol. The third-order valence-electron chi connectivity index (χ3n) is 2.58. The van der Waals surface area contributed by atoms with Gasteiger partial charge in [0, 0.05) is 12.6 Å². The SMILES string of the molecule is C[C@H](N=C/C=C1/C=C(C(=O)O)N[C@H](C(=O)O)C1)C(=O)O. The average molecular weight is 282 g/mol. The average Bonchev–Trinajstić information content (AvgIpc) is 2.37. The summed E-state index contributed by atoms with van der Waals surface area (Å²) in [6, 6.07) is -1.96. The maximum absolute atomic E-state index is 10.9. The molecule has 0 unspecified atom stereocenters. The van der Waals surface area contributed by atoms with Crippen molar-refractivity contribution in [2.45, 2.75) is 25.4 Å². The lowest BCUT2D eigenvalue weighted by Gasteiger charge is -2.21. The fourth-order valence-corrected chi connectivity index (χ4v) is 1.48. The summed E-state index contributed by atoms with van der Waals surface area (Å²) in [5.41, 5.74) is 0.212. The molecule has 8 nitrogen and oxygen atoms in total. The molecule has 0 amide bonds. The van der Waals surface area contributed by atoms with Crippen LogP contribution in [0.4, 0.5) is 0 Å². The summed E-state index contributed by atoms with van der Waals surface area (Å²) in [7, 11) is 0. The molecule has 0 saturated carbocycles. The Bertz CT molecular complexity index is 520. The van der Waals surface area contributed by atoms with Crippen LogP contribution in [0.2, 0.25) is 0 Å². The van der Waals surface area contributed by atoms with E-state index in [0.29, 0.717) is 5.57 Å². The van der Waals surface area contributed by atoms with Gasteiger partial charge in [0.05, 0.1) is 0 Å². The van der Waals surface area contributed by atoms with Gasteiger partial charge in [-0.25, -0.2) is 14.4 Å². The van der Waals surface area contributed by atoms with Crippen LogP contribution in [0, 0.1) is 0 Å². The number of carboxylic acid groups (broad SMARTS) is 3. The van der Waals surface area contributed by atoms with E-state index in [9.17, 15) is 14.4 Å². The number of hydrogen-bond acceptors (Lipinski definition) is 5. The van der Waals surface area contributed by atoms with E-state index < -0.39 is 30.0 Å². The van der Waals surface area contributed by atoms with Gasteiger partial charge in [0.1, 0.15) is 17.8 Å². The highest BCUT2D eigenvalue weighted by Crippen LogP contribution is 2.16. The molecule has 0 spiro atoms. The van der Waals surface area contributed by atoms with Crippen molar-refractivity contribution in [2.75, 3.05) is 0 Å². The fourth-order valence-electron chi connectivity index (χ4n) is 1.48. The van der Waals surface area contributed by atoms with Gasteiger partial charge in [-0.1, -0.05) is 0 Å². The molecule has 4 N–H and O–H groups in total. The molecule has 1 aliphatic heterocycles. The quantitative estimate of drug-likeness (QED) is 0.515. The Morgan fingerprint density at radius 3 is 2.55 bits per heavy atom. The second-order valence-corrected chi connectivity index (χ2v) is 4.16. The van der Waals surface area contributed by atoms with Gasteiger partial charge in [0.25, 0.3) is 0 Å². The summed E-state index contributed by atoms with van der Waals surface area (Å²) >= 11 is 0. The topological polar surface area (TPSA) is 136 Å². The van der Waals surface area contributed by atoms with Crippen molar-refractivity contribution in [3.63, 3.8) is 0 Å². The summed E-state index contributed by atoms with van der Waals surface area (Å²) in [6.45, 7) is 1.39. The van der Waals surface area contributed by atoms with E-state index in [-0.39, 0.29) is 12.1 Å². The number of carboxylic acids is 3. The predicted molar refractivity (Wildman–Crippen MR) is 68.6 cm³/mol. The third kappa shape index (κ3) is 4.23. The fraction of sp³-hybridized carbons (Fsp3) is 0.333. The number of nitrogens with one attached hydrogen (secondary N) is 1. The maximum atomic E-state index is 10.9. The van der Waals surface area contributed by atoms with Crippen LogP contribution in [0.5, 0.6) is 0 Å². The lowest BCUT2D eigenvalue weighted by atomic mass is 10.00. The Kier molecular flexibility index (Phi) is 5.01. The molecule has 2 atom stereocenters. The van der Waals surface area contributed by atoms with Gasteiger partial charge in [-0.05, 0) is 24.6 Å². The van der Waals surface area contributed by atoms with E-state index in [1.54, 1.807) is 0 Å². The lowest BCUT2D eigenvalue weighted by Crippen LogP contribution is -2.41. The van der Waals surface area contributed by atoms with Crippen LogP contribution in [0.15, 0.2) is 28.4 Å². The molecule has 0 aromatic rings. The van der Waals surface area contributed by atoms with Crippen molar-refractivity contribution in [1.82, 2.24) is 5.32 Å². The van der Waals surface area contributed by atoms with Gasteiger partial charge in [-0.3, -0.25) is 4.99 Å². The molecule has 8 heteroatoms. The summed E-state index contributed by atoms with van der Waals surface area (Å²) in [6.07, 6.45) is 4.01. The van der Waals surface area contributed by atoms with Crippen LogP contribution in [0.1, 0.15) is 13.3 Å². The van der Waals surface area contributed by atoms with Gasteiger partial charge in [0.2, 0.25) is 0 Å². The smallest absolute Gasteiger partial charge is 0.351 e. The molecule has 0 aromatic heterocycles. The molecule has 0 saturated heterocycles. The molecule has 0 aliphatic carbocycles. The van der Waals surface area contributed by atoms with Gasteiger partial charge in [-0.15, -0.1) is 0 Å². The summed E-state index contributed by atoms with van der Waals surface area (Å²) in [5, 5.41) is 28.8. The lowest BCUT2D eigenvalue weighted by molar-refractivity contribution is -0.140. The van der Waals surface area contributed by atoms with Crippen molar-refractivity contribution in [2.24, 2.45) is 4.99 Å². The molecule has 108 valence electrons. The normalized spacial score (nSPS) is 22.1. The first-order chi connectivity index (χ1) is 9.31. The number of aliphatic carboxylic acids is 3. The number of aliphatic imine (C=N–C) groups is 1. The zero-order valence-corrected chi connectivity index (χ0v) is 10.6. The summed E-state index contributed by atoms with van der Waals surface area (Å²) in [5.74, 6) is -3.52. The highest BCUT2D eigenvalue weighted by atomic mass is 16.4. The third-order valence-corrected chi connectivity index (χ3v) is 2.58. The number of allylic oxidation sites excluding steroid dienone is 2. The molecule has 1 aliphatic rings. The van der Waals surface area contributed by atoms with Gasteiger partial charge < -0.3 is 20.6 Å². The van der Waals surface area contributed by atoms with Crippen LogP contribution in [-0.2, 0) is 14.4 Å². The van der Waals surface area contributed by atoms with E-state index in [1.165, 1.54) is 25.3 Å². The van der Waals surface area contributed by atoms with E-state index in [1.807, 2.05) is 0 Å². The van der Waals surface area contributed by atoms with E-state index in [0.717, 1.165) is 0 Å². The highest BCUT2D eigenvalue weighted by Gasteiger charge is 2.26. The number of rotatable bonds is 5. The minimum atomic E-state index is -1.27. The molecule has 0 aromatic carbocycles.